The molecule has 1 heterocycles. The summed E-state index contributed by atoms with van der Waals surface area (Å²) in [5, 5.41) is 8.78. The maximum atomic E-state index is 10.7. The maximum Gasteiger partial charge on any atom is 0.335 e. The fourth-order valence-electron chi connectivity index (χ4n) is 1.61. The number of fused-ring (bicyclic) bond motifs is 1. The zero-order valence-corrected chi connectivity index (χ0v) is 7.56. The lowest BCUT2D eigenvalue weighted by molar-refractivity contribution is 0.0694. The average molecular weight is 193 g/mol. The summed E-state index contributed by atoms with van der Waals surface area (Å²) >= 11 is 0. The Kier molecular flexibility index (Phi) is 2.23. The molecule has 2 rings (SSSR count). The van der Waals surface area contributed by atoms with Crippen molar-refractivity contribution in [3.63, 3.8) is 0 Å². The molecule has 1 aromatic rings. The highest BCUT2D eigenvalue weighted by Crippen LogP contribution is 2.23. The van der Waals surface area contributed by atoms with Gasteiger partial charge in [-0.25, -0.2) is 4.79 Å². The number of carbonyl (C=O) groups is 1. The first-order valence-electron chi connectivity index (χ1n) is 4.38. The van der Waals surface area contributed by atoms with Crippen molar-refractivity contribution in [1.29, 1.82) is 0 Å². The Morgan fingerprint density at radius 2 is 2.36 bits per heavy atom. The van der Waals surface area contributed by atoms with E-state index in [2.05, 4.69) is 0 Å². The van der Waals surface area contributed by atoms with Gasteiger partial charge in [-0.1, -0.05) is 6.07 Å². The summed E-state index contributed by atoms with van der Waals surface area (Å²) in [6.07, 6.45) is 0. The van der Waals surface area contributed by atoms with E-state index in [-0.39, 0.29) is 11.6 Å². The molecule has 0 spiro atoms. The summed E-state index contributed by atoms with van der Waals surface area (Å²) in [5.41, 5.74) is 7.94. The molecule has 0 saturated heterocycles. The van der Waals surface area contributed by atoms with E-state index >= 15 is 0 Å². The Labute approximate surface area is 81.3 Å². The quantitative estimate of drug-likeness (QED) is 0.695. The number of hydrogen-bond donors (Lipinski definition) is 2. The molecule has 0 amide bonds. The van der Waals surface area contributed by atoms with Gasteiger partial charge in [0, 0.05) is 0 Å². The first-order chi connectivity index (χ1) is 6.68. The lowest BCUT2D eigenvalue weighted by Gasteiger charge is -2.22. The zero-order valence-electron chi connectivity index (χ0n) is 7.56. The molecule has 0 radical (unpaired) electrons. The van der Waals surface area contributed by atoms with Crippen LogP contribution in [-0.4, -0.2) is 17.7 Å². The standard InChI is InChI=1S/C10H11NO3/c11-9-5-14-4-7-3-6(10(12)13)1-2-8(7)9/h1-3,9H,4-5,11H2,(H,12,13)/t9-/m1/s1. The normalized spacial score (nSPS) is 20.2. The number of ether oxygens (including phenoxy) is 1. The van der Waals surface area contributed by atoms with Gasteiger partial charge in [-0.05, 0) is 23.3 Å². The van der Waals surface area contributed by atoms with E-state index in [1.54, 1.807) is 18.2 Å². The number of nitrogens with two attached hydrogens (primary N) is 1. The number of benzene rings is 1. The number of aromatic carboxylic acids is 1. The lowest BCUT2D eigenvalue weighted by Crippen LogP contribution is -2.23. The highest BCUT2D eigenvalue weighted by atomic mass is 16.5. The summed E-state index contributed by atoms with van der Waals surface area (Å²) in [6.45, 7) is 0.948. The van der Waals surface area contributed by atoms with Crippen LogP contribution in [0.2, 0.25) is 0 Å². The van der Waals surface area contributed by atoms with Gasteiger partial charge in [0.1, 0.15) is 0 Å². The van der Waals surface area contributed by atoms with Gasteiger partial charge in [0.2, 0.25) is 0 Å². The Hall–Kier alpha value is -1.39. The third-order valence-electron chi connectivity index (χ3n) is 2.34. The minimum absolute atomic E-state index is 0.137. The number of carboxylic acid groups (broad SMARTS) is 1. The molecule has 3 N–H and O–H groups in total. The second-order valence-electron chi connectivity index (χ2n) is 3.34. The molecule has 1 aliphatic heterocycles. The highest BCUT2D eigenvalue weighted by Gasteiger charge is 2.18. The first kappa shape index (κ1) is 9.18. The van der Waals surface area contributed by atoms with Gasteiger partial charge in [0.15, 0.2) is 0 Å². The molecule has 0 saturated carbocycles. The van der Waals surface area contributed by atoms with Crippen LogP contribution in [0.4, 0.5) is 0 Å². The smallest absolute Gasteiger partial charge is 0.335 e. The van der Waals surface area contributed by atoms with E-state index in [0.29, 0.717) is 13.2 Å². The van der Waals surface area contributed by atoms with Gasteiger partial charge in [-0.2, -0.15) is 0 Å². The molecule has 74 valence electrons. The van der Waals surface area contributed by atoms with Crippen molar-refractivity contribution in [2.75, 3.05) is 6.61 Å². The molecule has 0 unspecified atom stereocenters. The third kappa shape index (κ3) is 1.49. The minimum Gasteiger partial charge on any atom is -0.478 e. The molecular weight excluding hydrogens is 182 g/mol. The van der Waals surface area contributed by atoms with Crippen molar-refractivity contribution < 1.29 is 14.6 Å². The number of rotatable bonds is 1. The number of hydrogen-bond acceptors (Lipinski definition) is 3. The zero-order chi connectivity index (χ0) is 10.1. The van der Waals surface area contributed by atoms with E-state index in [1.807, 2.05) is 0 Å². The van der Waals surface area contributed by atoms with Crippen molar-refractivity contribution in [2.45, 2.75) is 12.6 Å². The van der Waals surface area contributed by atoms with Gasteiger partial charge in [0.25, 0.3) is 0 Å². The van der Waals surface area contributed by atoms with E-state index in [1.165, 1.54) is 0 Å². The fourth-order valence-corrected chi connectivity index (χ4v) is 1.61. The van der Waals surface area contributed by atoms with Crippen LogP contribution in [0.25, 0.3) is 0 Å². The maximum absolute atomic E-state index is 10.7. The van der Waals surface area contributed by atoms with E-state index < -0.39 is 5.97 Å². The SMILES string of the molecule is N[C@@H]1COCc2cc(C(=O)O)ccc21. The van der Waals surface area contributed by atoms with E-state index in [4.69, 9.17) is 15.6 Å². The van der Waals surface area contributed by atoms with Crippen molar-refractivity contribution in [1.82, 2.24) is 0 Å². The molecule has 1 atom stereocenters. The first-order valence-corrected chi connectivity index (χ1v) is 4.38. The van der Waals surface area contributed by atoms with Gasteiger partial charge in [-0.3, -0.25) is 0 Å². The molecule has 0 fully saturated rings. The van der Waals surface area contributed by atoms with Crippen LogP contribution in [0, 0.1) is 0 Å². The Balaban J connectivity index is 2.44. The summed E-state index contributed by atoms with van der Waals surface area (Å²) < 4.78 is 5.23. The van der Waals surface area contributed by atoms with Crippen molar-refractivity contribution >= 4 is 5.97 Å². The van der Waals surface area contributed by atoms with E-state index in [0.717, 1.165) is 11.1 Å². The Morgan fingerprint density at radius 3 is 3.07 bits per heavy atom. The number of carboxylic acids is 1. The summed E-state index contributed by atoms with van der Waals surface area (Å²) in [6, 6.07) is 4.83. The van der Waals surface area contributed by atoms with Crippen molar-refractivity contribution in [2.24, 2.45) is 5.73 Å². The molecule has 4 nitrogen and oxygen atoms in total. The second kappa shape index (κ2) is 3.40. The molecule has 1 aromatic carbocycles. The predicted octanol–water partition coefficient (Wildman–Crippen LogP) is 0.915. The Morgan fingerprint density at radius 1 is 1.57 bits per heavy atom. The van der Waals surface area contributed by atoms with Crippen LogP contribution < -0.4 is 5.73 Å². The van der Waals surface area contributed by atoms with E-state index in [9.17, 15) is 4.79 Å². The van der Waals surface area contributed by atoms with Crippen LogP contribution in [0.5, 0.6) is 0 Å². The average Bonchev–Trinajstić information content (AvgIpc) is 2.17. The summed E-state index contributed by atoms with van der Waals surface area (Å²) in [5.74, 6) is -0.924. The predicted molar refractivity (Wildman–Crippen MR) is 50.0 cm³/mol. The third-order valence-corrected chi connectivity index (χ3v) is 2.34. The van der Waals surface area contributed by atoms with Crippen molar-refractivity contribution in [3.8, 4) is 0 Å². The topological polar surface area (TPSA) is 72.5 Å². The van der Waals surface area contributed by atoms with Gasteiger partial charge in [-0.15, -0.1) is 0 Å². The monoisotopic (exact) mass is 193 g/mol. The van der Waals surface area contributed by atoms with Crippen LogP contribution >= 0.6 is 0 Å². The molecule has 4 heteroatoms. The van der Waals surface area contributed by atoms with Gasteiger partial charge in [0.05, 0.1) is 24.8 Å². The molecule has 1 aliphatic rings. The van der Waals surface area contributed by atoms with Crippen molar-refractivity contribution in [3.05, 3.63) is 34.9 Å². The second-order valence-corrected chi connectivity index (χ2v) is 3.34. The molecule has 0 bridgehead atoms. The molecule has 14 heavy (non-hydrogen) atoms. The molecule has 0 aromatic heterocycles. The molecular formula is C10H11NO3. The summed E-state index contributed by atoms with van der Waals surface area (Å²) in [7, 11) is 0. The minimum atomic E-state index is -0.924. The fraction of sp³-hybridized carbons (Fsp3) is 0.300. The Bertz CT molecular complexity index is 376. The van der Waals surface area contributed by atoms with Crippen LogP contribution in [-0.2, 0) is 11.3 Å². The van der Waals surface area contributed by atoms with Crippen LogP contribution in [0.1, 0.15) is 27.5 Å². The largest absolute Gasteiger partial charge is 0.478 e. The van der Waals surface area contributed by atoms with Crippen LogP contribution in [0.3, 0.4) is 0 Å². The summed E-state index contributed by atoms with van der Waals surface area (Å²) in [4.78, 5) is 10.7. The van der Waals surface area contributed by atoms with Gasteiger partial charge < -0.3 is 15.6 Å². The lowest BCUT2D eigenvalue weighted by atomic mass is 9.97. The molecule has 0 aliphatic carbocycles. The van der Waals surface area contributed by atoms with Crippen LogP contribution in [0.15, 0.2) is 18.2 Å². The van der Waals surface area contributed by atoms with Gasteiger partial charge >= 0.3 is 5.97 Å². The highest BCUT2D eigenvalue weighted by molar-refractivity contribution is 5.87.